The molecule has 2 rings (SSSR count). The first-order valence-corrected chi connectivity index (χ1v) is 7.62. The fourth-order valence-electron chi connectivity index (χ4n) is 2.11. The molecule has 4 nitrogen and oxygen atoms in total. The number of rotatable bonds is 6. The fourth-order valence-corrected chi connectivity index (χ4v) is 2.89. The third-order valence-electron chi connectivity index (χ3n) is 3.26. The van der Waals surface area contributed by atoms with Gasteiger partial charge in [0.2, 0.25) is 5.91 Å². The summed E-state index contributed by atoms with van der Waals surface area (Å²) < 4.78 is 13.6. The van der Waals surface area contributed by atoms with Crippen LogP contribution < -0.4 is 5.32 Å². The first kappa shape index (κ1) is 16.2. The number of thiophene rings is 1. The summed E-state index contributed by atoms with van der Waals surface area (Å²) in [6.45, 7) is 2.08. The standard InChI is InChI=1S/C16H16FNO3S/c1-10(12-4-2-3-5-13(12)17)8-15(19)18-9-11-6-7-14(22-11)16(20)21/h2-7,10H,8-9H2,1H3,(H,18,19)(H,20,21). The van der Waals surface area contributed by atoms with Crippen LogP contribution >= 0.6 is 11.3 Å². The van der Waals surface area contributed by atoms with E-state index < -0.39 is 5.97 Å². The van der Waals surface area contributed by atoms with Gasteiger partial charge < -0.3 is 10.4 Å². The van der Waals surface area contributed by atoms with Crippen LogP contribution in [0.15, 0.2) is 36.4 Å². The number of amides is 1. The maximum absolute atomic E-state index is 13.6. The van der Waals surface area contributed by atoms with Crippen LogP contribution in [0.4, 0.5) is 4.39 Å². The summed E-state index contributed by atoms with van der Waals surface area (Å²) >= 11 is 1.13. The van der Waals surface area contributed by atoms with Crippen molar-refractivity contribution in [3.05, 3.63) is 57.5 Å². The second-order valence-electron chi connectivity index (χ2n) is 4.97. The van der Waals surface area contributed by atoms with Crippen molar-refractivity contribution < 1.29 is 19.1 Å². The lowest BCUT2D eigenvalue weighted by Gasteiger charge is -2.12. The minimum absolute atomic E-state index is 0.179. The number of benzene rings is 1. The molecule has 0 aliphatic rings. The number of carboxylic acid groups (broad SMARTS) is 1. The first-order chi connectivity index (χ1) is 10.5. The molecule has 116 valence electrons. The van der Waals surface area contributed by atoms with Crippen molar-refractivity contribution in [3.8, 4) is 0 Å². The Labute approximate surface area is 131 Å². The maximum Gasteiger partial charge on any atom is 0.345 e. The average molecular weight is 321 g/mol. The Hall–Kier alpha value is -2.21. The van der Waals surface area contributed by atoms with Gasteiger partial charge in [-0.1, -0.05) is 25.1 Å². The van der Waals surface area contributed by atoms with Crippen LogP contribution in [0.5, 0.6) is 0 Å². The molecule has 0 fully saturated rings. The van der Waals surface area contributed by atoms with Crippen molar-refractivity contribution in [2.24, 2.45) is 0 Å². The Kier molecular flexibility index (Phi) is 5.27. The number of carbonyl (C=O) groups excluding carboxylic acids is 1. The van der Waals surface area contributed by atoms with Gasteiger partial charge in [0, 0.05) is 11.3 Å². The van der Waals surface area contributed by atoms with E-state index in [1.165, 1.54) is 12.1 Å². The topological polar surface area (TPSA) is 66.4 Å². The Morgan fingerprint density at radius 1 is 1.27 bits per heavy atom. The van der Waals surface area contributed by atoms with E-state index in [0.717, 1.165) is 16.2 Å². The lowest BCUT2D eigenvalue weighted by molar-refractivity contribution is -0.121. The molecule has 1 unspecified atom stereocenters. The molecule has 6 heteroatoms. The Balaban J connectivity index is 1.87. The Morgan fingerprint density at radius 3 is 2.64 bits per heavy atom. The predicted octanol–water partition coefficient (Wildman–Crippen LogP) is 3.40. The molecule has 0 radical (unpaired) electrons. The summed E-state index contributed by atoms with van der Waals surface area (Å²) in [6.07, 6.45) is 0.179. The van der Waals surface area contributed by atoms with Crippen LogP contribution in [0, 0.1) is 5.82 Å². The second kappa shape index (κ2) is 7.17. The van der Waals surface area contributed by atoms with E-state index in [1.807, 2.05) is 0 Å². The summed E-state index contributed by atoms with van der Waals surface area (Å²) in [6, 6.07) is 9.59. The number of halogens is 1. The van der Waals surface area contributed by atoms with Crippen LogP contribution in [0.3, 0.4) is 0 Å². The lowest BCUT2D eigenvalue weighted by Crippen LogP contribution is -2.23. The van der Waals surface area contributed by atoms with Crippen LogP contribution in [0.1, 0.15) is 39.4 Å². The van der Waals surface area contributed by atoms with Crippen LogP contribution in [-0.2, 0) is 11.3 Å². The fraction of sp³-hybridized carbons (Fsp3) is 0.250. The third kappa shape index (κ3) is 4.14. The van der Waals surface area contributed by atoms with Gasteiger partial charge in [0.15, 0.2) is 0 Å². The summed E-state index contributed by atoms with van der Waals surface area (Å²) in [4.78, 5) is 23.7. The first-order valence-electron chi connectivity index (χ1n) is 6.80. The highest BCUT2D eigenvalue weighted by Crippen LogP contribution is 2.22. The molecule has 0 spiro atoms. The molecular weight excluding hydrogens is 305 g/mol. The molecular formula is C16H16FNO3S. The highest BCUT2D eigenvalue weighted by Gasteiger charge is 2.15. The van der Waals surface area contributed by atoms with Gasteiger partial charge in [-0.05, 0) is 29.7 Å². The molecule has 1 atom stereocenters. The Bertz CT molecular complexity index is 684. The van der Waals surface area contributed by atoms with Gasteiger partial charge in [0.05, 0.1) is 6.54 Å². The normalized spacial score (nSPS) is 11.9. The maximum atomic E-state index is 13.6. The largest absolute Gasteiger partial charge is 0.477 e. The van der Waals surface area contributed by atoms with Crippen molar-refractivity contribution in [2.75, 3.05) is 0 Å². The van der Waals surface area contributed by atoms with E-state index in [4.69, 9.17) is 5.11 Å². The summed E-state index contributed by atoms with van der Waals surface area (Å²) in [5.74, 6) is -1.71. The van der Waals surface area contributed by atoms with E-state index in [9.17, 15) is 14.0 Å². The van der Waals surface area contributed by atoms with Crippen molar-refractivity contribution >= 4 is 23.2 Å². The van der Waals surface area contributed by atoms with E-state index in [1.54, 1.807) is 31.2 Å². The minimum Gasteiger partial charge on any atom is -0.477 e. The van der Waals surface area contributed by atoms with Gasteiger partial charge >= 0.3 is 5.97 Å². The molecule has 0 bridgehead atoms. The SMILES string of the molecule is CC(CC(=O)NCc1ccc(C(=O)O)s1)c1ccccc1F. The Morgan fingerprint density at radius 2 is 2.00 bits per heavy atom. The second-order valence-corrected chi connectivity index (χ2v) is 6.14. The molecule has 2 aromatic rings. The van der Waals surface area contributed by atoms with Gasteiger partial charge in [0.25, 0.3) is 0 Å². The van der Waals surface area contributed by atoms with E-state index >= 15 is 0 Å². The average Bonchev–Trinajstić information content (AvgIpc) is 2.94. The molecule has 1 aromatic carbocycles. The molecule has 1 aromatic heterocycles. The zero-order chi connectivity index (χ0) is 16.1. The summed E-state index contributed by atoms with van der Waals surface area (Å²) in [5.41, 5.74) is 0.516. The molecule has 22 heavy (non-hydrogen) atoms. The van der Waals surface area contributed by atoms with Crippen molar-refractivity contribution in [1.82, 2.24) is 5.32 Å². The van der Waals surface area contributed by atoms with Gasteiger partial charge in [-0.25, -0.2) is 9.18 Å². The van der Waals surface area contributed by atoms with E-state index in [0.29, 0.717) is 5.56 Å². The number of hydrogen-bond donors (Lipinski definition) is 2. The molecule has 0 aliphatic heterocycles. The van der Waals surface area contributed by atoms with Crippen molar-refractivity contribution in [3.63, 3.8) is 0 Å². The molecule has 1 heterocycles. The number of nitrogens with one attached hydrogen (secondary N) is 1. The molecule has 2 N–H and O–H groups in total. The van der Waals surface area contributed by atoms with Crippen molar-refractivity contribution in [1.29, 1.82) is 0 Å². The summed E-state index contributed by atoms with van der Waals surface area (Å²) in [7, 11) is 0. The van der Waals surface area contributed by atoms with Gasteiger partial charge in [-0.15, -0.1) is 11.3 Å². The third-order valence-corrected chi connectivity index (χ3v) is 4.33. The lowest BCUT2D eigenvalue weighted by atomic mass is 9.97. The summed E-state index contributed by atoms with van der Waals surface area (Å²) in [5, 5.41) is 11.6. The molecule has 0 saturated carbocycles. The predicted molar refractivity (Wildman–Crippen MR) is 82.6 cm³/mol. The van der Waals surface area contributed by atoms with Gasteiger partial charge in [0.1, 0.15) is 10.7 Å². The molecule has 1 amide bonds. The zero-order valence-electron chi connectivity index (χ0n) is 12.0. The highest BCUT2D eigenvalue weighted by molar-refractivity contribution is 7.13. The quantitative estimate of drug-likeness (QED) is 0.857. The number of carboxylic acids is 1. The van der Waals surface area contributed by atoms with Crippen LogP contribution in [-0.4, -0.2) is 17.0 Å². The van der Waals surface area contributed by atoms with E-state index in [2.05, 4.69) is 5.32 Å². The minimum atomic E-state index is -0.976. The van der Waals surface area contributed by atoms with Crippen LogP contribution in [0.2, 0.25) is 0 Å². The monoisotopic (exact) mass is 321 g/mol. The number of hydrogen-bond acceptors (Lipinski definition) is 3. The van der Waals surface area contributed by atoms with Crippen molar-refractivity contribution in [2.45, 2.75) is 25.8 Å². The van der Waals surface area contributed by atoms with Gasteiger partial charge in [-0.2, -0.15) is 0 Å². The van der Waals surface area contributed by atoms with E-state index in [-0.39, 0.29) is 35.5 Å². The zero-order valence-corrected chi connectivity index (χ0v) is 12.8. The molecule has 0 saturated heterocycles. The van der Waals surface area contributed by atoms with Gasteiger partial charge in [-0.3, -0.25) is 4.79 Å². The number of aromatic carboxylic acids is 1. The molecule has 0 aliphatic carbocycles. The smallest absolute Gasteiger partial charge is 0.345 e. The van der Waals surface area contributed by atoms with Crippen LogP contribution in [0.25, 0.3) is 0 Å². The highest BCUT2D eigenvalue weighted by atomic mass is 32.1. The number of carbonyl (C=O) groups is 2.